The molecule has 9 nitrogen and oxygen atoms in total. The van der Waals surface area contributed by atoms with E-state index in [1.807, 2.05) is 0 Å². The van der Waals surface area contributed by atoms with Crippen LogP contribution in [0.2, 0.25) is 0 Å². The van der Waals surface area contributed by atoms with Gasteiger partial charge in [0.1, 0.15) is 12.1 Å². The molecule has 0 aliphatic heterocycles. The number of benzene rings is 2. The first kappa shape index (κ1) is 43.8. The van der Waals surface area contributed by atoms with Crippen molar-refractivity contribution in [3.63, 3.8) is 0 Å². The van der Waals surface area contributed by atoms with E-state index in [9.17, 15) is 54.3 Å². The highest BCUT2D eigenvalue weighted by Crippen LogP contribution is 2.32. The van der Waals surface area contributed by atoms with Crippen LogP contribution in [0.1, 0.15) is 62.5 Å². The molecule has 0 aliphatic carbocycles. The summed E-state index contributed by atoms with van der Waals surface area (Å²) < 4.78 is 137. The summed E-state index contributed by atoms with van der Waals surface area (Å²) in [5, 5.41) is 0. The molecule has 0 heterocycles. The lowest BCUT2D eigenvalue weighted by atomic mass is 9.84. The fraction of sp³-hybridized carbons (Fsp3) is 0.486. The van der Waals surface area contributed by atoms with Crippen molar-refractivity contribution in [2.75, 3.05) is 39.6 Å². The Kier molecular flexibility index (Phi) is 17.8. The molecular weight excluding hydrogens is 716 g/mol. The molecule has 0 fully saturated rings. The van der Waals surface area contributed by atoms with Crippen LogP contribution >= 0.6 is 0 Å². The molecule has 0 saturated carbocycles. The number of halogens is 8. The topological polar surface area (TPSA) is 114 Å². The van der Waals surface area contributed by atoms with Crippen molar-refractivity contribution in [1.82, 2.24) is 0 Å². The van der Waals surface area contributed by atoms with Gasteiger partial charge in [0.25, 0.3) is 0 Å². The average molecular weight is 753 g/mol. The summed E-state index contributed by atoms with van der Waals surface area (Å²) in [4.78, 5) is 47.7. The Bertz CT molecular complexity index is 1490. The normalized spacial score (nSPS) is 11.3. The van der Waals surface area contributed by atoms with Crippen LogP contribution in [0.3, 0.4) is 0 Å². The quantitative estimate of drug-likeness (QED) is 0.0184. The third kappa shape index (κ3) is 12.4. The predicted octanol–water partition coefficient (Wildman–Crippen LogP) is 6.49. The number of rotatable bonds is 23. The number of carbonyl (C=O) groups excluding carboxylic acids is 4. The largest absolute Gasteiger partial charge is 0.420 e. The molecule has 2 aromatic rings. The minimum absolute atomic E-state index is 0.00714. The molecule has 0 aromatic heterocycles. The van der Waals surface area contributed by atoms with E-state index in [0.717, 1.165) is 13.8 Å². The number of aldehydes is 1. The molecule has 0 atom stereocenters. The first-order valence-corrected chi connectivity index (χ1v) is 15.8. The third-order valence-corrected chi connectivity index (χ3v) is 7.53. The SMILES string of the molecule is C#CCCC(=O)CCCC(COCCC=O)(COCCC(=O)Oc1c(F)c(C)c(F)c(F)c1F)COCCC(=O)Oc1c(F)c(C)c(F)c(F)c1F. The van der Waals surface area contributed by atoms with Gasteiger partial charge in [-0.3, -0.25) is 14.4 Å². The van der Waals surface area contributed by atoms with Gasteiger partial charge >= 0.3 is 11.9 Å². The molecule has 0 saturated heterocycles. The van der Waals surface area contributed by atoms with Gasteiger partial charge in [-0.2, -0.15) is 8.78 Å². The minimum Gasteiger partial charge on any atom is -0.420 e. The van der Waals surface area contributed by atoms with Crippen LogP contribution < -0.4 is 9.47 Å². The van der Waals surface area contributed by atoms with Crippen LogP contribution in [0, 0.1) is 78.1 Å². The second-order valence-electron chi connectivity index (χ2n) is 11.6. The van der Waals surface area contributed by atoms with E-state index in [0.29, 0.717) is 6.29 Å². The molecular formula is C35H36F8O9. The number of terminal acetylenes is 1. The summed E-state index contributed by atoms with van der Waals surface area (Å²) >= 11 is 0. The molecule has 2 rings (SSSR count). The lowest BCUT2D eigenvalue weighted by molar-refractivity contribution is -0.137. The number of hydrogen-bond acceptors (Lipinski definition) is 9. The second kappa shape index (κ2) is 21.2. The van der Waals surface area contributed by atoms with Gasteiger partial charge in [-0.1, -0.05) is 0 Å². The average Bonchev–Trinajstić information content (AvgIpc) is 3.13. The van der Waals surface area contributed by atoms with E-state index in [1.165, 1.54) is 0 Å². The van der Waals surface area contributed by atoms with Crippen molar-refractivity contribution in [2.24, 2.45) is 5.41 Å². The van der Waals surface area contributed by atoms with Crippen LogP contribution in [-0.4, -0.2) is 63.6 Å². The Balaban J connectivity index is 2.14. The maximum Gasteiger partial charge on any atom is 0.313 e. The molecule has 0 aliphatic rings. The zero-order valence-electron chi connectivity index (χ0n) is 28.3. The van der Waals surface area contributed by atoms with Gasteiger partial charge in [0, 0.05) is 42.2 Å². The van der Waals surface area contributed by atoms with Crippen LogP contribution in [0.15, 0.2) is 0 Å². The minimum atomic E-state index is -2.05. The Morgan fingerprint density at radius 2 is 1.08 bits per heavy atom. The van der Waals surface area contributed by atoms with Gasteiger partial charge in [0.2, 0.25) is 23.1 Å². The highest BCUT2D eigenvalue weighted by atomic mass is 19.2. The molecule has 0 spiro atoms. The molecule has 17 heteroatoms. The number of carbonyl (C=O) groups is 4. The number of ketones is 1. The van der Waals surface area contributed by atoms with E-state index in [-0.39, 0.29) is 70.7 Å². The van der Waals surface area contributed by atoms with Crippen molar-refractivity contribution < 1.29 is 78.0 Å². The van der Waals surface area contributed by atoms with E-state index >= 15 is 0 Å². The van der Waals surface area contributed by atoms with Gasteiger partial charge in [-0.25, -0.2) is 26.3 Å². The summed E-state index contributed by atoms with van der Waals surface area (Å²) in [6, 6.07) is 0. The fourth-order valence-corrected chi connectivity index (χ4v) is 4.60. The predicted molar refractivity (Wildman–Crippen MR) is 165 cm³/mol. The van der Waals surface area contributed by atoms with Gasteiger partial charge in [-0.05, 0) is 26.7 Å². The third-order valence-electron chi connectivity index (χ3n) is 7.53. The summed E-state index contributed by atoms with van der Waals surface area (Å²) in [7, 11) is 0. The van der Waals surface area contributed by atoms with Gasteiger partial charge < -0.3 is 28.5 Å². The summed E-state index contributed by atoms with van der Waals surface area (Å²) in [5.74, 6) is -18.2. The number of Topliss-reactive ketones (excluding diaryl/α,β-unsaturated/α-hetero) is 1. The maximum absolute atomic E-state index is 14.3. The Morgan fingerprint density at radius 1 is 0.635 bits per heavy atom. The van der Waals surface area contributed by atoms with Crippen molar-refractivity contribution in [1.29, 1.82) is 0 Å². The molecule has 0 bridgehead atoms. The lowest BCUT2D eigenvalue weighted by Crippen LogP contribution is -2.38. The van der Waals surface area contributed by atoms with Crippen LogP contribution in [0.25, 0.3) is 0 Å². The summed E-state index contributed by atoms with van der Waals surface area (Å²) in [6.07, 6.45) is 5.34. The maximum atomic E-state index is 14.3. The molecule has 2 aromatic carbocycles. The van der Waals surface area contributed by atoms with Crippen molar-refractivity contribution in [3.05, 3.63) is 57.7 Å². The lowest BCUT2D eigenvalue weighted by Gasteiger charge is -2.33. The van der Waals surface area contributed by atoms with Gasteiger partial charge in [-0.15, -0.1) is 12.3 Å². The molecule has 0 radical (unpaired) electrons. The van der Waals surface area contributed by atoms with Gasteiger partial charge in [0.05, 0.1) is 52.5 Å². The van der Waals surface area contributed by atoms with Crippen molar-refractivity contribution >= 4 is 24.0 Å². The number of hydrogen-bond donors (Lipinski definition) is 0. The highest BCUT2D eigenvalue weighted by Gasteiger charge is 2.33. The van der Waals surface area contributed by atoms with E-state index in [4.69, 9.17) is 20.6 Å². The molecule has 0 unspecified atom stereocenters. The Morgan fingerprint density at radius 3 is 1.50 bits per heavy atom. The Labute approximate surface area is 293 Å². The zero-order valence-corrected chi connectivity index (χ0v) is 28.3. The molecule has 286 valence electrons. The monoisotopic (exact) mass is 752 g/mol. The van der Waals surface area contributed by atoms with Crippen molar-refractivity contribution in [2.45, 2.75) is 65.2 Å². The van der Waals surface area contributed by atoms with Gasteiger partial charge in [0.15, 0.2) is 34.9 Å². The molecule has 0 N–H and O–H groups in total. The second-order valence-corrected chi connectivity index (χ2v) is 11.6. The fourth-order valence-electron chi connectivity index (χ4n) is 4.60. The molecule has 0 amide bonds. The summed E-state index contributed by atoms with van der Waals surface area (Å²) in [5.41, 5.74) is -2.97. The summed E-state index contributed by atoms with van der Waals surface area (Å²) in [6.45, 7) is -0.0255. The highest BCUT2D eigenvalue weighted by molar-refractivity contribution is 5.78. The first-order chi connectivity index (χ1) is 24.6. The van der Waals surface area contributed by atoms with E-state index in [2.05, 4.69) is 15.4 Å². The zero-order chi connectivity index (χ0) is 39.0. The van der Waals surface area contributed by atoms with E-state index in [1.54, 1.807) is 0 Å². The van der Waals surface area contributed by atoms with Crippen molar-refractivity contribution in [3.8, 4) is 23.8 Å². The number of ether oxygens (including phenoxy) is 5. The number of esters is 2. The van der Waals surface area contributed by atoms with Crippen LogP contribution in [0.5, 0.6) is 11.5 Å². The van der Waals surface area contributed by atoms with E-state index < -0.39 is 113 Å². The Hall–Kier alpha value is -4.40. The van der Waals surface area contributed by atoms with Crippen LogP contribution in [0.4, 0.5) is 35.1 Å². The van der Waals surface area contributed by atoms with Crippen LogP contribution in [-0.2, 0) is 33.4 Å². The smallest absolute Gasteiger partial charge is 0.313 e. The molecule has 52 heavy (non-hydrogen) atoms. The first-order valence-electron chi connectivity index (χ1n) is 15.8. The standard InChI is InChI=1S/C35H36F8O9/c1-4-5-8-22(45)9-6-12-35(17-48-14-7-13-44,18-49-15-10-23(46)51-33-27(38)20(2)25(36)29(40)31(33)42)19-50-16-11-24(47)52-34-28(39)21(3)26(37)30(41)32(34)43/h1,13H,5-12,14-19H2,2-3H3.